The molecule has 6 nitrogen and oxygen atoms in total. The molecule has 2 rings (SSSR count). The Bertz CT molecular complexity index is 566. The number of benzene rings is 1. The van der Waals surface area contributed by atoms with Gasteiger partial charge < -0.3 is 15.2 Å². The summed E-state index contributed by atoms with van der Waals surface area (Å²) in [6.45, 7) is 2.32. The molecule has 6 heteroatoms. The summed E-state index contributed by atoms with van der Waals surface area (Å²) in [6, 6.07) is 5.95. The van der Waals surface area contributed by atoms with Crippen molar-refractivity contribution in [1.29, 1.82) is 0 Å². The number of rotatable bonds is 6. The second-order valence-corrected chi connectivity index (χ2v) is 4.76. The molecule has 1 aromatic carbocycles. The standard InChI is InChI=1S/C14H20N4O2/c1-10(15)6-11-4-5-12(19-3)13(7-11)20-8-14-16-9-17-18(14)2/h4-5,7,9-10H,6,8,15H2,1-3H3. The van der Waals surface area contributed by atoms with Crippen molar-refractivity contribution in [3.63, 3.8) is 0 Å². The summed E-state index contributed by atoms with van der Waals surface area (Å²) in [7, 11) is 3.45. The SMILES string of the molecule is COc1ccc(CC(C)N)cc1OCc1ncnn1C. The van der Waals surface area contributed by atoms with Crippen LogP contribution >= 0.6 is 0 Å². The third-order valence-corrected chi connectivity index (χ3v) is 2.95. The van der Waals surface area contributed by atoms with Crippen LogP contribution in [0.4, 0.5) is 0 Å². The van der Waals surface area contributed by atoms with E-state index in [1.54, 1.807) is 11.8 Å². The van der Waals surface area contributed by atoms with Gasteiger partial charge >= 0.3 is 0 Å². The number of methoxy groups -OCH3 is 1. The van der Waals surface area contributed by atoms with Gasteiger partial charge in [0, 0.05) is 13.1 Å². The topological polar surface area (TPSA) is 75.2 Å². The maximum atomic E-state index is 5.82. The normalized spacial score (nSPS) is 12.2. The van der Waals surface area contributed by atoms with Crippen LogP contribution in [0, 0.1) is 0 Å². The highest BCUT2D eigenvalue weighted by Gasteiger charge is 2.09. The lowest BCUT2D eigenvalue weighted by atomic mass is 10.1. The minimum absolute atomic E-state index is 0.106. The molecule has 0 aliphatic heterocycles. The maximum absolute atomic E-state index is 5.82. The van der Waals surface area contributed by atoms with E-state index in [1.165, 1.54) is 6.33 Å². The number of hydrogen-bond acceptors (Lipinski definition) is 5. The van der Waals surface area contributed by atoms with Crippen LogP contribution in [-0.4, -0.2) is 27.9 Å². The van der Waals surface area contributed by atoms with Gasteiger partial charge in [-0.05, 0) is 31.0 Å². The number of aromatic nitrogens is 3. The molecule has 0 saturated carbocycles. The van der Waals surface area contributed by atoms with Gasteiger partial charge in [0.1, 0.15) is 12.9 Å². The highest BCUT2D eigenvalue weighted by Crippen LogP contribution is 2.29. The second kappa shape index (κ2) is 6.38. The molecule has 108 valence electrons. The first-order valence-corrected chi connectivity index (χ1v) is 6.48. The van der Waals surface area contributed by atoms with Gasteiger partial charge in [0.25, 0.3) is 0 Å². The average molecular weight is 276 g/mol. The summed E-state index contributed by atoms with van der Waals surface area (Å²) < 4.78 is 12.8. The molecular weight excluding hydrogens is 256 g/mol. The molecule has 1 atom stereocenters. The number of ether oxygens (including phenoxy) is 2. The minimum Gasteiger partial charge on any atom is -0.493 e. The minimum atomic E-state index is 0.106. The van der Waals surface area contributed by atoms with Crippen molar-refractivity contribution in [2.45, 2.75) is 26.0 Å². The fourth-order valence-electron chi connectivity index (χ4n) is 1.93. The molecule has 2 N–H and O–H groups in total. The van der Waals surface area contributed by atoms with E-state index in [-0.39, 0.29) is 6.04 Å². The number of aryl methyl sites for hydroxylation is 1. The van der Waals surface area contributed by atoms with E-state index in [1.807, 2.05) is 32.2 Å². The van der Waals surface area contributed by atoms with Gasteiger partial charge in [0.05, 0.1) is 7.11 Å². The number of nitrogens with zero attached hydrogens (tertiary/aromatic N) is 3. The average Bonchev–Trinajstić information content (AvgIpc) is 2.81. The highest BCUT2D eigenvalue weighted by atomic mass is 16.5. The summed E-state index contributed by atoms with van der Waals surface area (Å²) in [4.78, 5) is 4.12. The van der Waals surface area contributed by atoms with E-state index in [9.17, 15) is 0 Å². The summed E-state index contributed by atoms with van der Waals surface area (Å²) in [5.74, 6) is 2.14. The Balaban J connectivity index is 2.13. The van der Waals surface area contributed by atoms with Crippen LogP contribution in [0.1, 0.15) is 18.3 Å². The molecule has 0 amide bonds. The Kier molecular flexibility index (Phi) is 4.57. The number of hydrogen-bond donors (Lipinski definition) is 1. The molecule has 1 aromatic heterocycles. The zero-order valence-electron chi connectivity index (χ0n) is 12.0. The monoisotopic (exact) mass is 276 g/mol. The smallest absolute Gasteiger partial charge is 0.164 e. The summed E-state index contributed by atoms with van der Waals surface area (Å²) in [5.41, 5.74) is 6.94. The fraction of sp³-hybridized carbons (Fsp3) is 0.429. The molecule has 1 heterocycles. The van der Waals surface area contributed by atoms with Crippen molar-refractivity contribution < 1.29 is 9.47 Å². The largest absolute Gasteiger partial charge is 0.493 e. The number of nitrogens with two attached hydrogens (primary N) is 1. The van der Waals surface area contributed by atoms with Crippen LogP contribution in [0.5, 0.6) is 11.5 Å². The van der Waals surface area contributed by atoms with E-state index in [0.29, 0.717) is 18.1 Å². The molecule has 0 aliphatic rings. The van der Waals surface area contributed by atoms with Gasteiger partial charge in [0.2, 0.25) is 0 Å². The first-order valence-electron chi connectivity index (χ1n) is 6.48. The van der Waals surface area contributed by atoms with Crippen molar-refractivity contribution in [2.24, 2.45) is 12.8 Å². The van der Waals surface area contributed by atoms with Crippen molar-refractivity contribution >= 4 is 0 Å². The van der Waals surface area contributed by atoms with Crippen LogP contribution in [0.25, 0.3) is 0 Å². The Morgan fingerprint density at radius 2 is 2.15 bits per heavy atom. The van der Waals surface area contributed by atoms with Gasteiger partial charge in [-0.15, -0.1) is 0 Å². The predicted molar refractivity (Wildman–Crippen MR) is 75.7 cm³/mol. The van der Waals surface area contributed by atoms with Crippen molar-refractivity contribution in [2.75, 3.05) is 7.11 Å². The van der Waals surface area contributed by atoms with Crippen LogP contribution < -0.4 is 15.2 Å². The van der Waals surface area contributed by atoms with Crippen LogP contribution in [0.15, 0.2) is 24.5 Å². The van der Waals surface area contributed by atoms with E-state index < -0.39 is 0 Å². The lowest BCUT2D eigenvalue weighted by Crippen LogP contribution is -2.17. The van der Waals surface area contributed by atoms with Crippen LogP contribution in [0.3, 0.4) is 0 Å². The van der Waals surface area contributed by atoms with Crippen molar-refractivity contribution in [3.8, 4) is 11.5 Å². The van der Waals surface area contributed by atoms with Gasteiger partial charge in [-0.25, -0.2) is 4.98 Å². The summed E-state index contributed by atoms with van der Waals surface area (Å²) in [5, 5.41) is 4.01. The molecule has 0 fully saturated rings. The Morgan fingerprint density at radius 3 is 2.75 bits per heavy atom. The Labute approximate surface area is 118 Å². The van der Waals surface area contributed by atoms with E-state index in [4.69, 9.17) is 15.2 Å². The summed E-state index contributed by atoms with van der Waals surface area (Å²) >= 11 is 0. The zero-order valence-corrected chi connectivity index (χ0v) is 12.0. The van der Waals surface area contributed by atoms with E-state index in [2.05, 4.69) is 10.1 Å². The van der Waals surface area contributed by atoms with Crippen molar-refractivity contribution in [3.05, 3.63) is 35.9 Å². The van der Waals surface area contributed by atoms with Crippen molar-refractivity contribution in [1.82, 2.24) is 14.8 Å². The van der Waals surface area contributed by atoms with E-state index in [0.717, 1.165) is 17.8 Å². The maximum Gasteiger partial charge on any atom is 0.164 e. The van der Waals surface area contributed by atoms with Crippen LogP contribution in [0.2, 0.25) is 0 Å². The quantitative estimate of drug-likeness (QED) is 0.860. The molecule has 0 bridgehead atoms. The lowest BCUT2D eigenvalue weighted by Gasteiger charge is -2.13. The molecule has 1 unspecified atom stereocenters. The van der Waals surface area contributed by atoms with Gasteiger partial charge in [-0.3, -0.25) is 4.68 Å². The molecule has 0 spiro atoms. The third kappa shape index (κ3) is 3.48. The Morgan fingerprint density at radius 1 is 1.35 bits per heavy atom. The summed E-state index contributed by atoms with van der Waals surface area (Å²) in [6.07, 6.45) is 2.30. The van der Waals surface area contributed by atoms with Crippen LogP contribution in [-0.2, 0) is 20.1 Å². The molecule has 0 aliphatic carbocycles. The predicted octanol–water partition coefficient (Wildman–Crippen LogP) is 1.29. The highest BCUT2D eigenvalue weighted by molar-refractivity contribution is 5.43. The lowest BCUT2D eigenvalue weighted by molar-refractivity contribution is 0.271. The van der Waals surface area contributed by atoms with E-state index >= 15 is 0 Å². The molecular formula is C14H20N4O2. The first-order chi connectivity index (χ1) is 9.60. The molecule has 0 radical (unpaired) electrons. The first kappa shape index (κ1) is 14.3. The molecule has 20 heavy (non-hydrogen) atoms. The third-order valence-electron chi connectivity index (χ3n) is 2.95. The second-order valence-electron chi connectivity index (χ2n) is 4.76. The Hall–Kier alpha value is -2.08. The van der Waals surface area contributed by atoms with Gasteiger partial charge in [-0.2, -0.15) is 5.10 Å². The molecule has 2 aromatic rings. The van der Waals surface area contributed by atoms with Gasteiger partial charge in [-0.1, -0.05) is 6.07 Å². The van der Waals surface area contributed by atoms with Gasteiger partial charge in [0.15, 0.2) is 17.3 Å². The zero-order chi connectivity index (χ0) is 14.5. The fourth-order valence-corrected chi connectivity index (χ4v) is 1.93. The molecule has 0 saturated heterocycles.